The van der Waals surface area contributed by atoms with Gasteiger partial charge in [0.1, 0.15) is 12.7 Å². The number of phosphoric ester groups is 1. The van der Waals surface area contributed by atoms with E-state index < -0.39 is 57.9 Å². The summed E-state index contributed by atoms with van der Waals surface area (Å²) in [6, 6.07) is 0. The van der Waals surface area contributed by atoms with Gasteiger partial charge in [0.05, 0.1) is 25.9 Å². The summed E-state index contributed by atoms with van der Waals surface area (Å²) in [5, 5.41) is 28.2. The Bertz CT molecular complexity index is 1050. The van der Waals surface area contributed by atoms with Gasteiger partial charge in [0.2, 0.25) is 0 Å². The molecular formula is C43H79O11P. The van der Waals surface area contributed by atoms with Crippen LogP contribution in [-0.2, 0) is 32.7 Å². The van der Waals surface area contributed by atoms with Gasteiger partial charge in [0.25, 0.3) is 0 Å². The summed E-state index contributed by atoms with van der Waals surface area (Å²) in [6.07, 6.45) is 33.0. The number of rotatable bonds is 39. The Kier molecular flexibility index (Phi) is 36.4. The molecule has 0 saturated carbocycles. The lowest BCUT2D eigenvalue weighted by molar-refractivity contribution is -0.161. The summed E-state index contributed by atoms with van der Waals surface area (Å²) in [4.78, 5) is 35.0. The van der Waals surface area contributed by atoms with Crippen molar-refractivity contribution in [1.29, 1.82) is 0 Å². The van der Waals surface area contributed by atoms with Gasteiger partial charge in [-0.2, -0.15) is 0 Å². The van der Waals surface area contributed by atoms with E-state index in [9.17, 15) is 29.3 Å². The first-order valence-electron chi connectivity index (χ1n) is 21.4. The zero-order chi connectivity index (χ0) is 40.8. The number of aliphatic hydroxyl groups excluding tert-OH is 3. The molecule has 2 unspecified atom stereocenters. The Balaban J connectivity index is 4.36. The van der Waals surface area contributed by atoms with Crippen LogP contribution in [0.4, 0.5) is 0 Å². The maximum atomic E-state index is 12.6. The van der Waals surface area contributed by atoms with E-state index in [4.69, 9.17) is 19.1 Å². The van der Waals surface area contributed by atoms with E-state index >= 15 is 0 Å². The second kappa shape index (κ2) is 37.7. The highest BCUT2D eigenvalue weighted by Gasteiger charge is 2.27. The molecule has 0 rings (SSSR count). The lowest BCUT2D eigenvalue weighted by atomic mass is 10.0. The van der Waals surface area contributed by atoms with Crippen LogP contribution in [0.5, 0.6) is 0 Å². The first kappa shape index (κ1) is 53.1. The monoisotopic (exact) mass is 803 g/mol. The van der Waals surface area contributed by atoms with Crippen LogP contribution in [0.25, 0.3) is 0 Å². The maximum Gasteiger partial charge on any atom is 0.472 e. The SMILES string of the molecule is CC/C=C/CC(O)/C=C/C=C/CCCCCCCC(=O)O[C@H](COC(=O)CCCCCCCCCCCCCCCC(C)C)COP(=O)(O)OC[C@@H](O)CO. The van der Waals surface area contributed by atoms with E-state index in [1.54, 1.807) is 6.08 Å². The van der Waals surface area contributed by atoms with Gasteiger partial charge >= 0.3 is 19.8 Å². The van der Waals surface area contributed by atoms with Gasteiger partial charge in [-0.25, -0.2) is 4.57 Å². The van der Waals surface area contributed by atoms with Crippen molar-refractivity contribution < 1.29 is 52.9 Å². The molecule has 0 aromatic heterocycles. The highest BCUT2D eigenvalue weighted by molar-refractivity contribution is 7.47. The number of aliphatic hydroxyl groups is 3. The third-order valence-electron chi connectivity index (χ3n) is 9.07. The van der Waals surface area contributed by atoms with Crippen LogP contribution in [0, 0.1) is 5.92 Å². The largest absolute Gasteiger partial charge is 0.472 e. The summed E-state index contributed by atoms with van der Waals surface area (Å²) in [5.74, 6) is -0.164. The molecule has 4 atom stereocenters. The molecule has 0 bridgehead atoms. The molecule has 12 heteroatoms. The van der Waals surface area contributed by atoms with E-state index in [1.165, 1.54) is 64.2 Å². The summed E-state index contributed by atoms with van der Waals surface area (Å²) in [7, 11) is -4.63. The zero-order valence-corrected chi connectivity index (χ0v) is 35.6. The number of unbranched alkanes of at least 4 members (excludes halogenated alkanes) is 17. The van der Waals surface area contributed by atoms with Crippen molar-refractivity contribution in [3.05, 3.63) is 36.5 Å². The quantitative estimate of drug-likeness (QED) is 0.0153. The van der Waals surface area contributed by atoms with Gasteiger partial charge in [-0.3, -0.25) is 18.6 Å². The average Bonchev–Trinajstić information content (AvgIpc) is 3.15. The molecule has 55 heavy (non-hydrogen) atoms. The van der Waals surface area contributed by atoms with Crippen molar-refractivity contribution in [3.63, 3.8) is 0 Å². The predicted octanol–water partition coefficient (Wildman–Crippen LogP) is 10.00. The minimum absolute atomic E-state index is 0.138. The van der Waals surface area contributed by atoms with E-state index in [0.29, 0.717) is 19.3 Å². The average molecular weight is 803 g/mol. The number of esters is 2. The standard InChI is InChI=1S/C43H79O11P/c1-4-5-24-30-39(45)31-26-21-17-13-11-15-19-23-28-33-43(48)54-41(37-53-55(49,50)52-35-40(46)34-44)36-51-42(47)32-27-22-18-14-10-8-6-7-9-12-16-20-25-29-38(2)3/h5,17,21,24,26,31,38-41,44-46H,4,6-16,18-20,22-23,25,27-30,32-37H2,1-3H3,(H,49,50)/b21-17+,24-5+,31-26+/t39?,40-,41+/m0/s1. The third-order valence-corrected chi connectivity index (χ3v) is 10.0. The van der Waals surface area contributed by atoms with Crippen molar-refractivity contribution >= 4 is 19.8 Å². The van der Waals surface area contributed by atoms with Crippen molar-refractivity contribution in [1.82, 2.24) is 0 Å². The molecular weight excluding hydrogens is 723 g/mol. The molecule has 322 valence electrons. The number of carbonyl (C=O) groups excluding carboxylic acids is 2. The molecule has 0 aliphatic carbocycles. The Labute approximate surface area is 334 Å². The Morgan fingerprint density at radius 3 is 1.75 bits per heavy atom. The topological polar surface area (TPSA) is 169 Å². The number of phosphoric acid groups is 1. The van der Waals surface area contributed by atoms with E-state index in [2.05, 4.69) is 31.4 Å². The molecule has 0 spiro atoms. The second-order valence-electron chi connectivity index (χ2n) is 15.0. The molecule has 0 aromatic carbocycles. The van der Waals surface area contributed by atoms with Crippen LogP contribution in [0.2, 0.25) is 0 Å². The minimum Gasteiger partial charge on any atom is -0.462 e. The predicted molar refractivity (Wildman–Crippen MR) is 220 cm³/mol. The van der Waals surface area contributed by atoms with Gasteiger partial charge < -0.3 is 29.7 Å². The molecule has 0 saturated heterocycles. The van der Waals surface area contributed by atoms with Crippen LogP contribution in [0.1, 0.15) is 175 Å². The summed E-state index contributed by atoms with van der Waals surface area (Å²) in [6.45, 7) is 4.46. The number of allylic oxidation sites excluding steroid dienone is 4. The van der Waals surface area contributed by atoms with Crippen molar-refractivity contribution in [2.75, 3.05) is 26.4 Å². The first-order valence-corrected chi connectivity index (χ1v) is 22.9. The van der Waals surface area contributed by atoms with Crippen LogP contribution in [-0.4, -0.2) is 76.9 Å². The van der Waals surface area contributed by atoms with Crippen molar-refractivity contribution in [2.24, 2.45) is 5.92 Å². The van der Waals surface area contributed by atoms with Gasteiger partial charge in [0, 0.05) is 12.8 Å². The smallest absolute Gasteiger partial charge is 0.462 e. The molecule has 0 radical (unpaired) electrons. The van der Waals surface area contributed by atoms with Crippen molar-refractivity contribution in [2.45, 2.75) is 193 Å². The fourth-order valence-electron chi connectivity index (χ4n) is 5.74. The molecule has 0 heterocycles. The Morgan fingerprint density at radius 1 is 0.655 bits per heavy atom. The van der Waals surface area contributed by atoms with E-state index in [1.807, 2.05) is 24.3 Å². The number of carbonyl (C=O) groups is 2. The maximum absolute atomic E-state index is 12.6. The van der Waals surface area contributed by atoms with Crippen LogP contribution < -0.4 is 0 Å². The van der Waals surface area contributed by atoms with E-state index in [-0.39, 0.29) is 19.4 Å². The zero-order valence-electron chi connectivity index (χ0n) is 34.7. The van der Waals surface area contributed by atoms with Crippen LogP contribution in [0.15, 0.2) is 36.5 Å². The normalized spacial score (nSPS) is 14.9. The van der Waals surface area contributed by atoms with Gasteiger partial charge in [0.15, 0.2) is 6.10 Å². The fourth-order valence-corrected chi connectivity index (χ4v) is 6.53. The summed E-state index contributed by atoms with van der Waals surface area (Å²) >= 11 is 0. The highest BCUT2D eigenvalue weighted by Crippen LogP contribution is 2.43. The van der Waals surface area contributed by atoms with Crippen LogP contribution in [0.3, 0.4) is 0 Å². The van der Waals surface area contributed by atoms with Crippen molar-refractivity contribution in [3.8, 4) is 0 Å². The second-order valence-corrected chi connectivity index (χ2v) is 16.5. The first-order chi connectivity index (χ1) is 26.5. The highest BCUT2D eigenvalue weighted by atomic mass is 31.2. The van der Waals surface area contributed by atoms with Gasteiger partial charge in [-0.05, 0) is 44.4 Å². The van der Waals surface area contributed by atoms with Gasteiger partial charge in [-0.15, -0.1) is 0 Å². The molecule has 0 amide bonds. The molecule has 0 aliphatic rings. The molecule has 0 aromatic rings. The number of hydrogen-bond acceptors (Lipinski definition) is 10. The molecule has 4 N–H and O–H groups in total. The fraction of sp³-hybridized carbons (Fsp3) is 0.814. The van der Waals surface area contributed by atoms with Crippen LogP contribution >= 0.6 is 7.82 Å². The third kappa shape index (κ3) is 38.8. The van der Waals surface area contributed by atoms with E-state index in [0.717, 1.165) is 63.7 Å². The molecule has 0 fully saturated rings. The Morgan fingerprint density at radius 2 is 1.18 bits per heavy atom. The number of ether oxygens (including phenoxy) is 2. The number of hydrogen-bond donors (Lipinski definition) is 4. The molecule has 0 aliphatic heterocycles. The van der Waals surface area contributed by atoms with Gasteiger partial charge in [-0.1, -0.05) is 160 Å². The minimum atomic E-state index is -4.63. The molecule has 11 nitrogen and oxygen atoms in total. The lowest BCUT2D eigenvalue weighted by Gasteiger charge is -2.20. The Hall–Kier alpha value is -1.85. The lowest BCUT2D eigenvalue weighted by Crippen LogP contribution is -2.29. The summed E-state index contributed by atoms with van der Waals surface area (Å²) < 4.78 is 32.7. The summed E-state index contributed by atoms with van der Waals surface area (Å²) in [5.41, 5.74) is 0.